The Morgan fingerprint density at radius 1 is 1.45 bits per heavy atom. The van der Waals surface area contributed by atoms with Gasteiger partial charge in [-0.05, 0) is 36.5 Å². The number of hydrogen-bond acceptors (Lipinski definition) is 5. The maximum Gasteiger partial charge on any atom is 0.365 e. The molecule has 22 heavy (non-hydrogen) atoms. The van der Waals surface area contributed by atoms with Crippen molar-refractivity contribution in [2.75, 3.05) is 11.9 Å². The number of pyridine rings is 1. The SMILES string of the molecule is O=C(O)c1nc(C2CNc3ncc(C4=CCCC4)cc32)cs1. The smallest absolute Gasteiger partial charge is 0.365 e. The molecule has 5 nitrogen and oxygen atoms in total. The van der Waals surface area contributed by atoms with Crippen LogP contribution in [0.15, 0.2) is 23.7 Å². The van der Waals surface area contributed by atoms with Gasteiger partial charge < -0.3 is 10.4 Å². The van der Waals surface area contributed by atoms with Crippen LogP contribution >= 0.6 is 11.3 Å². The molecule has 0 saturated heterocycles. The zero-order chi connectivity index (χ0) is 15.1. The summed E-state index contributed by atoms with van der Waals surface area (Å²) in [7, 11) is 0. The molecule has 0 fully saturated rings. The van der Waals surface area contributed by atoms with E-state index in [1.54, 1.807) is 0 Å². The number of nitrogens with zero attached hydrogens (tertiary/aromatic N) is 2. The monoisotopic (exact) mass is 313 g/mol. The lowest BCUT2D eigenvalue weighted by Gasteiger charge is -2.09. The van der Waals surface area contributed by atoms with Gasteiger partial charge in [-0.25, -0.2) is 14.8 Å². The van der Waals surface area contributed by atoms with Crippen molar-refractivity contribution in [1.29, 1.82) is 0 Å². The zero-order valence-electron chi connectivity index (χ0n) is 11.9. The molecular weight excluding hydrogens is 298 g/mol. The van der Waals surface area contributed by atoms with Crippen LogP contribution in [-0.2, 0) is 0 Å². The lowest BCUT2D eigenvalue weighted by Crippen LogP contribution is -2.05. The fraction of sp³-hybridized carbons (Fsp3) is 0.312. The van der Waals surface area contributed by atoms with Crippen molar-refractivity contribution in [2.45, 2.75) is 25.2 Å². The van der Waals surface area contributed by atoms with E-state index in [1.807, 2.05) is 11.6 Å². The van der Waals surface area contributed by atoms with Gasteiger partial charge in [-0.15, -0.1) is 11.3 Å². The van der Waals surface area contributed by atoms with Crippen LogP contribution in [0.3, 0.4) is 0 Å². The lowest BCUT2D eigenvalue weighted by atomic mass is 9.97. The van der Waals surface area contributed by atoms with Crippen molar-refractivity contribution in [3.8, 4) is 0 Å². The second kappa shape index (κ2) is 5.21. The summed E-state index contributed by atoms with van der Waals surface area (Å²) in [4.78, 5) is 19.8. The Kier molecular flexibility index (Phi) is 3.18. The van der Waals surface area contributed by atoms with Gasteiger partial charge in [0, 0.05) is 29.6 Å². The fourth-order valence-corrected chi connectivity index (χ4v) is 3.83. The molecule has 0 spiro atoms. The number of hydrogen-bond donors (Lipinski definition) is 2. The van der Waals surface area contributed by atoms with E-state index >= 15 is 0 Å². The quantitative estimate of drug-likeness (QED) is 0.909. The van der Waals surface area contributed by atoms with E-state index in [0.29, 0.717) is 6.54 Å². The number of aromatic carboxylic acids is 1. The van der Waals surface area contributed by atoms with Gasteiger partial charge in [0.25, 0.3) is 0 Å². The first-order valence-corrected chi connectivity index (χ1v) is 8.22. The second-order valence-corrected chi connectivity index (χ2v) is 6.46. The molecule has 2 aromatic heterocycles. The molecule has 2 aliphatic rings. The molecule has 1 aliphatic heterocycles. The first-order valence-electron chi connectivity index (χ1n) is 7.34. The maximum absolute atomic E-state index is 11.0. The number of carbonyl (C=O) groups is 1. The molecule has 6 heteroatoms. The van der Waals surface area contributed by atoms with Gasteiger partial charge in [-0.1, -0.05) is 6.08 Å². The van der Waals surface area contributed by atoms with Crippen molar-refractivity contribution in [1.82, 2.24) is 9.97 Å². The van der Waals surface area contributed by atoms with Crippen molar-refractivity contribution in [3.05, 3.63) is 45.5 Å². The molecule has 0 amide bonds. The van der Waals surface area contributed by atoms with E-state index in [4.69, 9.17) is 5.11 Å². The first kappa shape index (κ1) is 13.5. The second-order valence-electron chi connectivity index (χ2n) is 5.60. The highest BCUT2D eigenvalue weighted by Crippen LogP contribution is 2.38. The Balaban J connectivity index is 1.70. The Morgan fingerprint density at radius 3 is 3.09 bits per heavy atom. The summed E-state index contributed by atoms with van der Waals surface area (Å²) in [5, 5.41) is 14.3. The maximum atomic E-state index is 11.0. The zero-order valence-corrected chi connectivity index (χ0v) is 12.7. The summed E-state index contributed by atoms with van der Waals surface area (Å²) in [6.07, 6.45) is 7.67. The van der Waals surface area contributed by atoms with Gasteiger partial charge in [0.2, 0.25) is 5.01 Å². The lowest BCUT2D eigenvalue weighted by molar-refractivity contribution is 0.0696. The van der Waals surface area contributed by atoms with Gasteiger partial charge in [0.15, 0.2) is 0 Å². The number of carboxylic acid groups (broad SMARTS) is 1. The average Bonchev–Trinajstić information content (AvgIpc) is 3.25. The highest BCUT2D eigenvalue weighted by Gasteiger charge is 2.28. The summed E-state index contributed by atoms with van der Waals surface area (Å²) in [6, 6.07) is 2.18. The molecule has 0 bridgehead atoms. The standard InChI is InChI=1S/C16H15N3O2S/c20-16(21)15-19-13(8-22-15)12-7-18-14-11(12)5-10(6-17-14)9-3-1-2-4-9/h3,5-6,8,12H,1-2,4,7H2,(H,17,18)(H,20,21). The van der Waals surface area contributed by atoms with Crippen LogP contribution in [0.25, 0.3) is 5.57 Å². The van der Waals surface area contributed by atoms with Crippen LogP contribution in [0, 0.1) is 0 Å². The summed E-state index contributed by atoms with van der Waals surface area (Å²) < 4.78 is 0. The third kappa shape index (κ3) is 2.20. The minimum Gasteiger partial charge on any atom is -0.476 e. The third-order valence-corrected chi connectivity index (χ3v) is 5.09. The summed E-state index contributed by atoms with van der Waals surface area (Å²) in [5.74, 6) is -0.00329. The third-order valence-electron chi connectivity index (χ3n) is 4.24. The number of allylic oxidation sites excluding steroid dienone is 2. The molecule has 0 saturated carbocycles. The van der Waals surface area contributed by atoms with Gasteiger partial charge >= 0.3 is 5.97 Å². The van der Waals surface area contributed by atoms with Crippen LogP contribution in [0.4, 0.5) is 5.82 Å². The molecule has 3 heterocycles. The van der Waals surface area contributed by atoms with E-state index in [9.17, 15) is 4.79 Å². The van der Waals surface area contributed by atoms with E-state index in [2.05, 4.69) is 27.4 Å². The molecule has 0 aromatic carbocycles. The molecule has 2 aromatic rings. The summed E-state index contributed by atoms with van der Waals surface area (Å²) in [5.41, 5.74) is 4.48. The number of anilines is 1. The van der Waals surface area contributed by atoms with Crippen molar-refractivity contribution in [2.24, 2.45) is 0 Å². The minimum absolute atomic E-state index is 0.0776. The van der Waals surface area contributed by atoms with Gasteiger partial charge in [0.05, 0.1) is 5.69 Å². The van der Waals surface area contributed by atoms with Crippen LogP contribution in [-0.4, -0.2) is 27.6 Å². The van der Waals surface area contributed by atoms with Crippen LogP contribution < -0.4 is 5.32 Å². The van der Waals surface area contributed by atoms with Crippen molar-refractivity contribution < 1.29 is 9.90 Å². The number of nitrogens with one attached hydrogen (secondary N) is 1. The van der Waals surface area contributed by atoms with Gasteiger partial charge in [-0.3, -0.25) is 0 Å². The van der Waals surface area contributed by atoms with Crippen LogP contribution in [0.1, 0.15) is 51.8 Å². The Labute approximate surface area is 131 Å². The Hall–Kier alpha value is -2.21. The Morgan fingerprint density at radius 2 is 2.36 bits per heavy atom. The normalized spacial score (nSPS) is 19.6. The van der Waals surface area contributed by atoms with Gasteiger partial charge in [0.1, 0.15) is 5.82 Å². The summed E-state index contributed by atoms with van der Waals surface area (Å²) in [6.45, 7) is 0.716. The molecule has 2 N–H and O–H groups in total. The van der Waals surface area contributed by atoms with E-state index < -0.39 is 5.97 Å². The molecule has 1 aliphatic carbocycles. The largest absolute Gasteiger partial charge is 0.476 e. The number of thiazole rings is 1. The average molecular weight is 313 g/mol. The molecule has 0 radical (unpaired) electrons. The molecule has 112 valence electrons. The molecule has 1 unspecified atom stereocenters. The van der Waals surface area contributed by atoms with Crippen molar-refractivity contribution in [3.63, 3.8) is 0 Å². The first-order chi connectivity index (χ1) is 10.7. The number of rotatable bonds is 3. The van der Waals surface area contributed by atoms with Crippen LogP contribution in [0.2, 0.25) is 0 Å². The number of aromatic nitrogens is 2. The fourth-order valence-electron chi connectivity index (χ4n) is 3.12. The Bertz CT molecular complexity index is 781. The molecular formula is C16H15N3O2S. The predicted molar refractivity (Wildman–Crippen MR) is 85.5 cm³/mol. The van der Waals surface area contributed by atoms with Gasteiger partial charge in [-0.2, -0.15) is 0 Å². The van der Waals surface area contributed by atoms with E-state index in [0.717, 1.165) is 29.9 Å². The van der Waals surface area contributed by atoms with Crippen LogP contribution in [0.5, 0.6) is 0 Å². The summed E-state index contributed by atoms with van der Waals surface area (Å²) >= 11 is 1.18. The molecule has 4 rings (SSSR count). The topological polar surface area (TPSA) is 75.1 Å². The number of carboxylic acids is 1. The van der Waals surface area contributed by atoms with E-state index in [1.165, 1.54) is 28.9 Å². The predicted octanol–water partition coefficient (Wildman–Crippen LogP) is 3.36. The minimum atomic E-state index is -0.967. The number of fused-ring (bicyclic) bond motifs is 1. The van der Waals surface area contributed by atoms with Crippen molar-refractivity contribution >= 4 is 28.7 Å². The molecule has 1 atom stereocenters. The highest BCUT2D eigenvalue weighted by molar-refractivity contribution is 7.11. The highest BCUT2D eigenvalue weighted by atomic mass is 32.1. The van der Waals surface area contributed by atoms with E-state index in [-0.39, 0.29) is 10.9 Å².